The van der Waals surface area contributed by atoms with Crippen molar-refractivity contribution in [3.63, 3.8) is 0 Å². The number of carbonyl (C=O) groups is 3. The predicted molar refractivity (Wildman–Crippen MR) is 77.8 cm³/mol. The highest BCUT2D eigenvalue weighted by Gasteiger charge is 2.49. The molecule has 0 aromatic heterocycles. The number of nitrogens with one attached hydrogen (secondary N) is 2. The maximum absolute atomic E-state index is 12.9. The topological polar surface area (TPSA) is 105 Å². The zero-order chi connectivity index (χ0) is 16.3. The summed E-state index contributed by atoms with van der Waals surface area (Å²) in [6.45, 7) is 1.07. The van der Waals surface area contributed by atoms with Crippen LogP contribution in [0, 0.1) is 0 Å². The number of nitrogens with two attached hydrogens (primary N) is 1. The van der Waals surface area contributed by atoms with Crippen molar-refractivity contribution in [2.24, 2.45) is 5.73 Å². The molecule has 0 radical (unpaired) electrons. The van der Waals surface area contributed by atoms with Crippen molar-refractivity contribution < 1.29 is 23.2 Å². The van der Waals surface area contributed by atoms with Crippen molar-refractivity contribution in [3.8, 4) is 0 Å². The molecule has 0 aromatic carbocycles. The van der Waals surface area contributed by atoms with Gasteiger partial charge in [-0.25, -0.2) is 13.6 Å². The van der Waals surface area contributed by atoms with Crippen LogP contribution >= 0.6 is 12.4 Å². The molecule has 0 unspecified atom stereocenters. The van der Waals surface area contributed by atoms with E-state index in [0.717, 1.165) is 4.90 Å². The first-order valence-electron chi connectivity index (χ1n) is 6.70. The summed E-state index contributed by atoms with van der Waals surface area (Å²) in [5.74, 6) is -4.57. The summed E-state index contributed by atoms with van der Waals surface area (Å²) in [6.07, 6.45) is 0.773. The Morgan fingerprint density at radius 2 is 1.91 bits per heavy atom. The average molecular weight is 343 g/mol. The van der Waals surface area contributed by atoms with Crippen LogP contribution in [0.1, 0.15) is 26.7 Å². The summed E-state index contributed by atoms with van der Waals surface area (Å²) >= 11 is 0. The lowest BCUT2D eigenvalue weighted by molar-refractivity contribution is -0.135. The molecule has 0 bridgehead atoms. The third kappa shape index (κ3) is 4.26. The lowest BCUT2D eigenvalue weighted by Crippen LogP contribution is -2.48. The fourth-order valence-electron chi connectivity index (χ4n) is 2.05. The van der Waals surface area contributed by atoms with Gasteiger partial charge in [-0.2, -0.15) is 0 Å². The zero-order valence-electron chi connectivity index (χ0n) is 12.4. The molecule has 1 aliphatic rings. The summed E-state index contributed by atoms with van der Waals surface area (Å²) in [5.41, 5.74) is 3.83. The van der Waals surface area contributed by atoms with E-state index in [1.807, 2.05) is 5.32 Å². The Balaban J connectivity index is 0.00000441. The van der Waals surface area contributed by atoms with E-state index in [1.165, 1.54) is 0 Å². The Labute approximate surface area is 133 Å². The van der Waals surface area contributed by atoms with E-state index >= 15 is 0 Å². The number of nitrogens with zero attached hydrogens (tertiary/aromatic N) is 1. The minimum atomic E-state index is -3.22. The average Bonchev–Trinajstić information content (AvgIpc) is 2.70. The molecule has 1 fully saturated rings. The van der Waals surface area contributed by atoms with Gasteiger partial charge >= 0.3 is 6.03 Å². The number of amides is 4. The van der Waals surface area contributed by atoms with Crippen LogP contribution in [0.25, 0.3) is 0 Å². The van der Waals surface area contributed by atoms with Crippen molar-refractivity contribution in [1.82, 2.24) is 15.5 Å². The summed E-state index contributed by atoms with van der Waals surface area (Å²) in [7, 11) is 0. The van der Waals surface area contributed by atoms with Gasteiger partial charge < -0.3 is 16.4 Å². The number of alkyl halides is 2. The number of hydrogen-bond donors (Lipinski definition) is 3. The molecule has 22 heavy (non-hydrogen) atoms. The monoisotopic (exact) mass is 342 g/mol. The lowest BCUT2D eigenvalue weighted by atomic mass is 9.93. The molecule has 10 heteroatoms. The minimum absolute atomic E-state index is 0. The van der Waals surface area contributed by atoms with Crippen molar-refractivity contribution >= 4 is 30.3 Å². The highest BCUT2D eigenvalue weighted by molar-refractivity contribution is 6.08. The van der Waals surface area contributed by atoms with E-state index in [-0.39, 0.29) is 12.4 Å². The first-order chi connectivity index (χ1) is 9.71. The quantitative estimate of drug-likeness (QED) is 0.576. The fourth-order valence-corrected chi connectivity index (χ4v) is 2.05. The summed E-state index contributed by atoms with van der Waals surface area (Å²) in [4.78, 5) is 36.3. The smallest absolute Gasteiger partial charge is 0.325 e. The van der Waals surface area contributed by atoms with Gasteiger partial charge in [-0.05, 0) is 12.8 Å². The predicted octanol–water partition coefficient (Wildman–Crippen LogP) is 0.229. The third-order valence-corrected chi connectivity index (χ3v) is 3.60. The van der Waals surface area contributed by atoms with Crippen LogP contribution in [0.5, 0.6) is 0 Å². The number of hydrogen-bond acceptors (Lipinski definition) is 4. The Morgan fingerprint density at radius 3 is 2.32 bits per heavy atom. The van der Waals surface area contributed by atoms with Crippen molar-refractivity contribution in [2.75, 3.05) is 19.6 Å². The molecule has 1 aliphatic heterocycles. The van der Waals surface area contributed by atoms with Crippen molar-refractivity contribution in [3.05, 3.63) is 0 Å². The molecule has 0 atom stereocenters. The maximum Gasteiger partial charge on any atom is 0.325 e. The zero-order valence-corrected chi connectivity index (χ0v) is 13.3. The number of urea groups is 1. The molecule has 1 rings (SSSR count). The molecule has 0 saturated carbocycles. The van der Waals surface area contributed by atoms with E-state index in [4.69, 9.17) is 5.73 Å². The van der Waals surface area contributed by atoms with Gasteiger partial charge in [0.2, 0.25) is 5.91 Å². The Hall–Kier alpha value is -1.48. The fraction of sp³-hybridized carbons (Fsp3) is 0.750. The largest absolute Gasteiger partial charge is 0.348 e. The van der Waals surface area contributed by atoms with Crippen LogP contribution in [0.4, 0.5) is 13.6 Å². The van der Waals surface area contributed by atoms with Gasteiger partial charge in [0.25, 0.3) is 11.8 Å². The van der Waals surface area contributed by atoms with E-state index in [1.54, 1.807) is 13.8 Å². The number of imide groups is 1. The molecule has 0 aromatic rings. The van der Waals surface area contributed by atoms with Gasteiger partial charge in [-0.3, -0.25) is 14.5 Å². The van der Waals surface area contributed by atoms with E-state index in [0.29, 0.717) is 12.8 Å². The number of halogens is 3. The molecule has 4 N–H and O–H groups in total. The van der Waals surface area contributed by atoms with E-state index in [2.05, 4.69) is 5.32 Å². The molecule has 4 amide bonds. The van der Waals surface area contributed by atoms with Crippen LogP contribution in [-0.2, 0) is 9.59 Å². The minimum Gasteiger partial charge on any atom is -0.348 e. The van der Waals surface area contributed by atoms with Crippen molar-refractivity contribution in [2.45, 2.75) is 38.2 Å². The van der Waals surface area contributed by atoms with E-state index < -0.39 is 48.9 Å². The molecule has 1 saturated heterocycles. The Morgan fingerprint density at radius 1 is 1.36 bits per heavy atom. The molecule has 0 spiro atoms. The molecule has 0 aliphatic carbocycles. The summed E-state index contributed by atoms with van der Waals surface area (Å²) in [6, 6.07) is -0.690. The third-order valence-electron chi connectivity index (χ3n) is 3.60. The molecular weight excluding hydrogens is 322 g/mol. The molecular formula is C12H21ClF2N4O3. The van der Waals surface area contributed by atoms with Gasteiger partial charge in [-0.15, -0.1) is 12.4 Å². The normalized spacial score (nSPS) is 17.0. The number of rotatable bonds is 7. The Kier molecular flexibility index (Phi) is 7.17. The maximum atomic E-state index is 12.9. The second-order valence-electron chi connectivity index (χ2n) is 4.95. The molecule has 1 heterocycles. The second-order valence-corrected chi connectivity index (χ2v) is 4.95. The van der Waals surface area contributed by atoms with Crippen LogP contribution in [0.3, 0.4) is 0 Å². The van der Waals surface area contributed by atoms with Gasteiger partial charge in [0, 0.05) is 0 Å². The summed E-state index contributed by atoms with van der Waals surface area (Å²) < 4.78 is 25.8. The van der Waals surface area contributed by atoms with Gasteiger partial charge in [-0.1, -0.05) is 13.8 Å². The van der Waals surface area contributed by atoms with Crippen molar-refractivity contribution in [1.29, 1.82) is 0 Å². The highest BCUT2D eigenvalue weighted by Crippen LogP contribution is 2.24. The first-order valence-corrected chi connectivity index (χ1v) is 6.70. The Bertz CT molecular complexity index is 444. The first kappa shape index (κ1) is 20.5. The van der Waals surface area contributed by atoms with E-state index in [9.17, 15) is 23.2 Å². The van der Waals surface area contributed by atoms with Gasteiger partial charge in [0.05, 0.1) is 13.1 Å². The van der Waals surface area contributed by atoms with Crippen LogP contribution in [-0.4, -0.2) is 53.8 Å². The van der Waals surface area contributed by atoms with Gasteiger partial charge in [0.1, 0.15) is 12.1 Å². The van der Waals surface area contributed by atoms with Crippen LogP contribution in [0.15, 0.2) is 0 Å². The standard InChI is InChI=1S/C12H20F2N4O3.ClH/c1-3-11(4-2)9(20)18(10(21)17-11)5-8(19)16-7-12(13,14)6-15;/h3-7,15H2,1-2H3,(H,16,19)(H,17,21);1H. The SMILES string of the molecule is CCC1(CC)NC(=O)N(CC(=O)NCC(F)(F)CN)C1=O.Cl. The van der Waals surface area contributed by atoms with Gasteiger partial charge in [0.15, 0.2) is 0 Å². The molecule has 128 valence electrons. The van der Waals surface area contributed by atoms with Crippen LogP contribution in [0.2, 0.25) is 0 Å². The lowest BCUT2D eigenvalue weighted by Gasteiger charge is -2.23. The second kappa shape index (κ2) is 7.68. The van der Waals surface area contributed by atoms with Crippen LogP contribution < -0.4 is 16.4 Å². The summed E-state index contributed by atoms with van der Waals surface area (Å²) in [5, 5.41) is 4.51. The number of carbonyl (C=O) groups excluding carboxylic acids is 3. The highest BCUT2D eigenvalue weighted by atomic mass is 35.5. The molecule has 7 nitrogen and oxygen atoms in total.